The predicted molar refractivity (Wildman–Crippen MR) is 102 cm³/mol. The number of hydrogen-bond donors (Lipinski definition) is 3. The SMILES string of the molecule is CCNC(=NCC(C)(O)c1cnn(C)c1)NCC1CCC(CC)CC1. The molecule has 1 aromatic heterocycles. The van der Waals surface area contributed by atoms with Gasteiger partial charge >= 0.3 is 0 Å². The summed E-state index contributed by atoms with van der Waals surface area (Å²) in [6.45, 7) is 8.21. The molecule has 3 N–H and O–H groups in total. The van der Waals surface area contributed by atoms with Crippen LogP contribution in [-0.4, -0.2) is 40.5 Å². The molecule has 0 aromatic carbocycles. The molecule has 0 amide bonds. The highest BCUT2D eigenvalue weighted by Crippen LogP contribution is 2.30. The Bertz CT molecular complexity index is 544. The fourth-order valence-electron chi connectivity index (χ4n) is 3.45. The fraction of sp³-hybridized carbons (Fsp3) is 0.789. The lowest BCUT2D eigenvalue weighted by Gasteiger charge is -2.28. The first-order valence-electron chi connectivity index (χ1n) is 9.68. The molecule has 1 aliphatic rings. The van der Waals surface area contributed by atoms with Gasteiger partial charge in [0.25, 0.3) is 0 Å². The van der Waals surface area contributed by atoms with Crippen LogP contribution in [0.25, 0.3) is 0 Å². The smallest absolute Gasteiger partial charge is 0.191 e. The van der Waals surface area contributed by atoms with Crippen LogP contribution in [0, 0.1) is 11.8 Å². The molecule has 1 saturated carbocycles. The zero-order valence-corrected chi connectivity index (χ0v) is 16.3. The van der Waals surface area contributed by atoms with Crippen LogP contribution in [0.2, 0.25) is 0 Å². The number of aliphatic hydroxyl groups is 1. The van der Waals surface area contributed by atoms with Crippen molar-refractivity contribution < 1.29 is 5.11 Å². The van der Waals surface area contributed by atoms with E-state index in [1.807, 2.05) is 13.2 Å². The van der Waals surface area contributed by atoms with Gasteiger partial charge < -0.3 is 15.7 Å². The van der Waals surface area contributed by atoms with Gasteiger partial charge in [-0.1, -0.05) is 26.2 Å². The summed E-state index contributed by atoms with van der Waals surface area (Å²) in [5.41, 5.74) is -0.233. The standard InChI is InChI=1S/C19H35N5O/c1-5-15-7-9-16(10-8-15)11-21-18(20-6-2)22-14-19(3,25)17-12-23-24(4)13-17/h12-13,15-16,25H,5-11,14H2,1-4H3,(H2,20,21,22). The summed E-state index contributed by atoms with van der Waals surface area (Å²) in [6.07, 6.45) is 10.2. The van der Waals surface area contributed by atoms with Crippen LogP contribution in [0.5, 0.6) is 0 Å². The van der Waals surface area contributed by atoms with E-state index >= 15 is 0 Å². The van der Waals surface area contributed by atoms with Gasteiger partial charge in [0, 0.05) is 31.9 Å². The summed E-state index contributed by atoms with van der Waals surface area (Å²) < 4.78 is 1.70. The summed E-state index contributed by atoms with van der Waals surface area (Å²) in [4.78, 5) is 4.59. The van der Waals surface area contributed by atoms with E-state index in [2.05, 4.69) is 34.6 Å². The second kappa shape index (κ2) is 9.22. The van der Waals surface area contributed by atoms with Gasteiger partial charge in [-0.15, -0.1) is 0 Å². The minimum atomic E-state index is -1.02. The number of hydrogen-bond acceptors (Lipinski definition) is 3. The van der Waals surface area contributed by atoms with E-state index in [1.165, 1.54) is 32.1 Å². The zero-order chi connectivity index (χ0) is 18.3. The normalized spacial score (nSPS) is 24.0. The number of nitrogens with one attached hydrogen (secondary N) is 2. The van der Waals surface area contributed by atoms with Crippen LogP contribution in [0.3, 0.4) is 0 Å². The Kier molecular flexibility index (Phi) is 7.29. The molecular formula is C19H35N5O. The van der Waals surface area contributed by atoms with Crippen LogP contribution in [-0.2, 0) is 12.6 Å². The second-order valence-corrected chi connectivity index (χ2v) is 7.55. The molecule has 1 aromatic rings. The topological polar surface area (TPSA) is 74.5 Å². The molecule has 142 valence electrons. The van der Waals surface area contributed by atoms with Gasteiger partial charge in [0.05, 0.1) is 12.7 Å². The molecule has 6 heteroatoms. The van der Waals surface area contributed by atoms with Crippen molar-refractivity contribution >= 4 is 5.96 Å². The first-order valence-corrected chi connectivity index (χ1v) is 9.68. The Morgan fingerprint density at radius 2 is 1.96 bits per heavy atom. The van der Waals surface area contributed by atoms with Crippen molar-refractivity contribution in [2.45, 2.75) is 58.5 Å². The summed E-state index contributed by atoms with van der Waals surface area (Å²) in [5.74, 6) is 2.43. The average molecular weight is 350 g/mol. The van der Waals surface area contributed by atoms with Crippen molar-refractivity contribution in [3.8, 4) is 0 Å². The molecule has 0 aliphatic heterocycles. The van der Waals surface area contributed by atoms with Gasteiger partial charge in [0.1, 0.15) is 5.60 Å². The van der Waals surface area contributed by atoms with Crippen LogP contribution in [0.1, 0.15) is 58.4 Å². The van der Waals surface area contributed by atoms with Crippen LogP contribution >= 0.6 is 0 Å². The third-order valence-corrected chi connectivity index (χ3v) is 5.32. The number of rotatable bonds is 7. The first-order chi connectivity index (χ1) is 11.9. The molecule has 0 saturated heterocycles. The Morgan fingerprint density at radius 3 is 2.52 bits per heavy atom. The van der Waals surface area contributed by atoms with Crippen LogP contribution in [0.4, 0.5) is 0 Å². The molecule has 1 unspecified atom stereocenters. The van der Waals surface area contributed by atoms with Crippen molar-refractivity contribution in [3.05, 3.63) is 18.0 Å². The maximum Gasteiger partial charge on any atom is 0.191 e. The van der Waals surface area contributed by atoms with E-state index < -0.39 is 5.60 Å². The number of aromatic nitrogens is 2. The summed E-state index contributed by atoms with van der Waals surface area (Å²) in [5, 5.41) is 21.5. The number of nitrogens with zero attached hydrogens (tertiary/aromatic N) is 3. The molecular weight excluding hydrogens is 314 g/mol. The lowest BCUT2D eigenvalue weighted by molar-refractivity contribution is 0.0671. The van der Waals surface area contributed by atoms with E-state index in [-0.39, 0.29) is 0 Å². The number of aliphatic imine (C=N–C) groups is 1. The Balaban J connectivity index is 1.87. The molecule has 1 fully saturated rings. The predicted octanol–water partition coefficient (Wildman–Crippen LogP) is 2.40. The minimum absolute atomic E-state index is 0.302. The van der Waals surface area contributed by atoms with Crippen LogP contribution in [0.15, 0.2) is 17.4 Å². The monoisotopic (exact) mass is 349 g/mol. The molecule has 1 heterocycles. The molecule has 0 spiro atoms. The van der Waals surface area contributed by atoms with Crippen molar-refractivity contribution in [1.82, 2.24) is 20.4 Å². The van der Waals surface area contributed by atoms with E-state index in [0.717, 1.165) is 36.4 Å². The lowest BCUT2D eigenvalue weighted by atomic mass is 9.81. The van der Waals surface area contributed by atoms with Gasteiger partial charge in [-0.2, -0.15) is 5.10 Å². The van der Waals surface area contributed by atoms with E-state index in [1.54, 1.807) is 17.8 Å². The third kappa shape index (κ3) is 6.03. The van der Waals surface area contributed by atoms with Crippen LogP contribution < -0.4 is 10.6 Å². The summed E-state index contributed by atoms with van der Waals surface area (Å²) in [7, 11) is 1.85. The van der Waals surface area contributed by atoms with Crippen molar-refractivity contribution in [1.29, 1.82) is 0 Å². The molecule has 1 atom stereocenters. The number of guanidine groups is 1. The molecule has 6 nitrogen and oxygen atoms in total. The Morgan fingerprint density at radius 1 is 1.28 bits per heavy atom. The molecule has 25 heavy (non-hydrogen) atoms. The molecule has 2 rings (SSSR count). The highest BCUT2D eigenvalue weighted by Gasteiger charge is 2.25. The minimum Gasteiger partial charge on any atom is -0.383 e. The fourth-order valence-corrected chi connectivity index (χ4v) is 3.45. The van der Waals surface area contributed by atoms with Gasteiger partial charge in [0.15, 0.2) is 5.96 Å². The van der Waals surface area contributed by atoms with Crippen molar-refractivity contribution in [3.63, 3.8) is 0 Å². The summed E-state index contributed by atoms with van der Waals surface area (Å²) in [6, 6.07) is 0. The largest absolute Gasteiger partial charge is 0.383 e. The Hall–Kier alpha value is -1.56. The maximum absolute atomic E-state index is 10.7. The Labute approximate surface area is 152 Å². The van der Waals surface area contributed by atoms with Crippen molar-refractivity contribution in [2.75, 3.05) is 19.6 Å². The highest BCUT2D eigenvalue weighted by atomic mass is 16.3. The van der Waals surface area contributed by atoms with Gasteiger partial charge in [-0.3, -0.25) is 4.68 Å². The van der Waals surface area contributed by atoms with E-state index in [0.29, 0.717) is 6.54 Å². The quantitative estimate of drug-likeness (QED) is 0.522. The van der Waals surface area contributed by atoms with Gasteiger partial charge in [-0.25, -0.2) is 4.99 Å². The average Bonchev–Trinajstić information content (AvgIpc) is 3.05. The number of aryl methyl sites for hydroxylation is 1. The molecule has 1 aliphatic carbocycles. The maximum atomic E-state index is 10.7. The highest BCUT2D eigenvalue weighted by molar-refractivity contribution is 5.79. The lowest BCUT2D eigenvalue weighted by Crippen LogP contribution is -2.41. The molecule has 0 radical (unpaired) electrons. The summed E-state index contributed by atoms with van der Waals surface area (Å²) >= 11 is 0. The van der Waals surface area contributed by atoms with Crippen molar-refractivity contribution in [2.24, 2.45) is 23.9 Å². The second-order valence-electron chi connectivity index (χ2n) is 7.55. The van der Waals surface area contributed by atoms with E-state index in [9.17, 15) is 5.11 Å². The van der Waals surface area contributed by atoms with Gasteiger partial charge in [0.2, 0.25) is 0 Å². The third-order valence-electron chi connectivity index (χ3n) is 5.32. The molecule has 0 bridgehead atoms. The van der Waals surface area contributed by atoms with E-state index in [4.69, 9.17) is 0 Å². The first kappa shape index (κ1) is 19.8. The zero-order valence-electron chi connectivity index (χ0n) is 16.3. The van der Waals surface area contributed by atoms with Gasteiger partial charge in [-0.05, 0) is 38.5 Å².